The molecule has 0 radical (unpaired) electrons. The highest BCUT2D eigenvalue weighted by molar-refractivity contribution is 7.65. The molecule has 0 unspecified atom stereocenters. The molecular formula is C4H4F3OS+. The average Bonchev–Trinajstić information content (AvgIpc) is 1.82. The largest absolute Gasteiger partial charge is 0.459 e. The van der Waals surface area contributed by atoms with Crippen LogP contribution in [0.15, 0.2) is 11.9 Å². The van der Waals surface area contributed by atoms with Crippen LogP contribution in [0.3, 0.4) is 0 Å². The van der Waals surface area contributed by atoms with Gasteiger partial charge in [0.25, 0.3) is 0 Å². The lowest BCUT2D eigenvalue weighted by atomic mass is 10.4. The molecule has 0 aliphatic carbocycles. The van der Waals surface area contributed by atoms with E-state index in [1.807, 2.05) is 0 Å². The van der Waals surface area contributed by atoms with E-state index < -0.39 is 18.3 Å². The predicted octanol–water partition coefficient (Wildman–Crippen LogP) is 1.88. The van der Waals surface area contributed by atoms with Crippen molar-refractivity contribution in [3.05, 3.63) is 11.9 Å². The van der Waals surface area contributed by atoms with Crippen molar-refractivity contribution < 1.29 is 17.4 Å². The summed E-state index contributed by atoms with van der Waals surface area (Å²) in [5.74, 6) is -1.64. The van der Waals surface area contributed by atoms with Gasteiger partial charge < -0.3 is 0 Å². The van der Waals surface area contributed by atoms with Crippen LogP contribution in [0.1, 0.15) is 6.42 Å². The van der Waals surface area contributed by atoms with Crippen LogP contribution in [0, 0.1) is 0 Å². The molecule has 0 aliphatic heterocycles. The lowest BCUT2D eigenvalue weighted by Gasteiger charge is -1.81. The van der Waals surface area contributed by atoms with Crippen LogP contribution in [-0.4, -0.2) is 5.75 Å². The summed E-state index contributed by atoms with van der Waals surface area (Å²) in [4.78, 5) is 0. The Hall–Kier alpha value is -0.450. The third-order valence-electron chi connectivity index (χ3n) is 0.610. The van der Waals surface area contributed by atoms with Crippen molar-refractivity contribution in [1.82, 2.24) is 0 Å². The second-order valence-electron chi connectivity index (χ2n) is 1.24. The van der Waals surface area contributed by atoms with Crippen LogP contribution in [-0.2, 0) is 15.9 Å². The molecule has 0 aliphatic rings. The van der Waals surface area contributed by atoms with Gasteiger partial charge in [-0.3, -0.25) is 0 Å². The van der Waals surface area contributed by atoms with Crippen LogP contribution in [0.2, 0.25) is 0 Å². The zero-order valence-corrected chi connectivity index (χ0v) is 5.18. The Morgan fingerprint density at radius 3 is 2.22 bits per heavy atom. The molecule has 0 heterocycles. The molecule has 0 aromatic rings. The Kier molecular flexibility index (Phi) is 4.21. The molecule has 0 atom stereocenters. The van der Waals surface area contributed by atoms with Gasteiger partial charge in [-0.1, -0.05) is 0 Å². The maximum atomic E-state index is 11.7. The zero-order chi connectivity index (χ0) is 7.28. The van der Waals surface area contributed by atoms with Crippen molar-refractivity contribution in [3.8, 4) is 0 Å². The Morgan fingerprint density at radius 2 is 1.89 bits per heavy atom. The molecule has 1 nitrogen and oxygen atoms in total. The second kappa shape index (κ2) is 4.43. The van der Waals surface area contributed by atoms with Crippen molar-refractivity contribution in [2.24, 2.45) is 0 Å². The highest BCUT2D eigenvalue weighted by atomic mass is 32.1. The van der Waals surface area contributed by atoms with Gasteiger partial charge in [0.2, 0.25) is 5.75 Å². The highest BCUT2D eigenvalue weighted by Gasteiger charge is 2.08. The number of hydrogen-bond acceptors (Lipinski definition) is 1. The van der Waals surface area contributed by atoms with Crippen molar-refractivity contribution in [3.63, 3.8) is 0 Å². The number of hydrogen-bond donors (Lipinski definition) is 0. The molecule has 0 bridgehead atoms. The van der Waals surface area contributed by atoms with Gasteiger partial charge in [0, 0.05) is 4.21 Å². The minimum Gasteiger partial charge on any atom is -0.206 e. The third kappa shape index (κ3) is 4.08. The van der Waals surface area contributed by atoms with E-state index in [2.05, 4.69) is 0 Å². The quantitative estimate of drug-likeness (QED) is 0.571. The molecule has 9 heavy (non-hydrogen) atoms. The van der Waals surface area contributed by atoms with Crippen LogP contribution in [0.5, 0.6) is 0 Å². The molecule has 0 amide bonds. The number of halogens is 3. The lowest BCUT2D eigenvalue weighted by molar-refractivity contribution is 0.373. The zero-order valence-electron chi connectivity index (χ0n) is 4.36. The third-order valence-corrected chi connectivity index (χ3v) is 0.981. The number of rotatable bonds is 3. The van der Waals surface area contributed by atoms with Gasteiger partial charge in [-0.25, -0.2) is 4.39 Å². The van der Waals surface area contributed by atoms with Gasteiger partial charge in [-0.15, -0.1) is 0 Å². The molecule has 0 saturated heterocycles. The van der Waals surface area contributed by atoms with Gasteiger partial charge >= 0.3 is 17.7 Å². The van der Waals surface area contributed by atoms with Crippen molar-refractivity contribution in [1.29, 1.82) is 0 Å². The summed E-state index contributed by atoms with van der Waals surface area (Å²) in [7, 11) is 0. The Bertz CT molecular complexity index is 130. The van der Waals surface area contributed by atoms with Crippen LogP contribution < -0.4 is 0 Å². The van der Waals surface area contributed by atoms with Crippen LogP contribution >= 0.6 is 0 Å². The molecule has 0 spiro atoms. The van der Waals surface area contributed by atoms with E-state index in [4.69, 9.17) is 0 Å². The predicted molar refractivity (Wildman–Crippen MR) is 27.9 cm³/mol. The fourth-order valence-electron chi connectivity index (χ4n) is 0.226. The molecule has 52 valence electrons. The van der Waals surface area contributed by atoms with Gasteiger partial charge in [-0.05, 0) is 0 Å². The number of allylic oxidation sites excluding steroid dienone is 1. The molecule has 0 rings (SSSR count). The fourth-order valence-corrected chi connectivity index (χ4v) is 0.488. The maximum Gasteiger partial charge on any atom is 0.459 e. The molecule has 0 aromatic carbocycles. The molecule has 5 heteroatoms. The first-order chi connectivity index (χ1) is 4.18. The summed E-state index contributed by atoms with van der Waals surface area (Å²) in [6.07, 6.45) is -2.81. The highest BCUT2D eigenvalue weighted by Crippen LogP contribution is 2.11. The molecule has 0 aromatic heterocycles. The van der Waals surface area contributed by atoms with E-state index in [-0.39, 0.29) is 17.4 Å². The summed E-state index contributed by atoms with van der Waals surface area (Å²) >= 11 is 0.0899. The standard InChI is InChI=1S/C4H4F3OS/c5-3(4(6)7)1-2-9-8/h1-2H2/q+1. The summed E-state index contributed by atoms with van der Waals surface area (Å²) in [5, 5.41) is 0. The Morgan fingerprint density at radius 1 is 1.33 bits per heavy atom. The first-order valence-electron chi connectivity index (χ1n) is 2.13. The second-order valence-corrected chi connectivity index (χ2v) is 1.88. The van der Waals surface area contributed by atoms with Crippen LogP contribution in [0.25, 0.3) is 0 Å². The van der Waals surface area contributed by atoms with Gasteiger partial charge in [-0.2, -0.15) is 8.78 Å². The first-order valence-corrected chi connectivity index (χ1v) is 3.04. The SMILES string of the molecule is O=[S+]CCC(F)=C(F)F. The van der Waals surface area contributed by atoms with E-state index in [1.54, 1.807) is 0 Å². The molecule has 0 fully saturated rings. The normalized spacial score (nSPS) is 8.78. The van der Waals surface area contributed by atoms with E-state index in [9.17, 15) is 17.4 Å². The van der Waals surface area contributed by atoms with E-state index in [0.29, 0.717) is 0 Å². The minimum atomic E-state index is -2.33. The Labute approximate surface area is 54.0 Å². The van der Waals surface area contributed by atoms with Crippen LogP contribution in [0.4, 0.5) is 13.2 Å². The van der Waals surface area contributed by atoms with E-state index >= 15 is 0 Å². The van der Waals surface area contributed by atoms with Crippen molar-refractivity contribution in [2.75, 3.05) is 5.75 Å². The van der Waals surface area contributed by atoms with E-state index in [1.165, 1.54) is 0 Å². The van der Waals surface area contributed by atoms with Gasteiger partial charge in [0.15, 0.2) is 5.83 Å². The summed E-state index contributed by atoms with van der Waals surface area (Å²) in [6.45, 7) is 0. The summed E-state index contributed by atoms with van der Waals surface area (Å²) < 4.78 is 43.5. The monoisotopic (exact) mass is 157 g/mol. The fraction of sp³-hybridized carbons (Fsp3) is 0.500. The lowest BCUT2D eigenvalue weighted by Crippen LogP contribution is -1.82. The van der Waals surface area contributed by atoms with E-state index in [0.717, 1.165) is 0 Å². The first kappa shape index (κ1) is 8.55. The minimum absolute atomic E-state index is 0.0899. The summed E-state index contributed by atoms with van der Waals surface area (Å²) in [5.41, 5.74) is 0. The smallest absolute Gasteiger partial charge is 0.206 e. The average molecular weight is 157 g/mol. The molecule has 0 N–H and O–H groups in total. The topological polar surface area (TPSA) is 17.1 Å². The molecule has 0 saturated carbocycles. The van der Waals surface area contributed by atoms with Crippen molar-refractivity contribution >= 4 is 11.7 Å². The van der Waals surface area contributed by atoms with Gasteiger partial charge in [0.05, 0.1) is 6.42 Å². The summed E-state index contributed by atoms with van der Waals surface area (Å²) in [6, 6.07) is 0. The maximum absolute atomic E-state index is 11.7. The van der Waals surface area contributed by atoms with Gasteiger partial charge in [0.1, 0.15) is 0 Å². The Balaban J connectivity index is 3.62. The molecular weight excluding hydrogens is 153 g/mol. The van der Waals surface area contributed by atoms with Crippen molar-refractivity contribution in [2.45, 2.75) is 6.42 Å².